The van der Waals surface area contributed by atoms with Crippen molar-refractivity contribution >= 4 is 29.0 Å². The second-order valence-corrected chi connectivity index (χ2v) is 6.05. The zero-order chi connectivity index (χ0) is 16.8. The van der Waals surface area contributed by atoms with Crippen LogP contribution in [-0.2, 0) is 11.3 Å². The van der Waals surface area contributed by atoms with Crippen LogP contribution in [0.2, 0.25) is 5.02 Å². The van der Waals surface area contributed by atoms with Crippen LogP contribution >= 0.6 is 11.6 Å². The number of morpholine rings is 1. The number of halogens is 1. The number of anilines is 2. The van der Waals surface area contributed by atoms with Gasteiger partial charge in [0.25, 0.3) is 0 Å². The molecule has 0 saturated carbocycles. The van der Waals surface area contributed by atoms with Gasteiger partial charge in [0.15, 0.2) is 0 Å². The zero-order valence-electron chi connectivity index (χ0n) is 13.3. The van der Waals surface area contributed by atoms with E-state index in [9.17, 15) is 4.79 Å². The van der Waals surface area contributed by atoms with Crippen molar-refractivity contribution in [2.24, 2.45) is 0 Å². The summed E-state index contributed by atoms with van der Waals surface area (Å²) < 4.78 is 5.35. The van der Waals surface area contributed by atoms with Crippen LogP contribution in [0.1, 0.15) is 5.56 Å². The number of ether oxygens (including phenoxy) is 1. The maximum absolute atomic E-state index is 12.0. The van der Waals surface area contributed by atoms with E-state index in [1.165, 1.54) is 0 Å². The number of urea groups is 1. The number of hydrogen-bond acceptors (Lipinski definition) is 3. The highest BCUT2D eigenvalue weighted by atomic mass is 35.5. The molecule has 2 aromatic carbocycles. The predicted molar refractivity (Wildman–Crippen MR) is 96.6 cm³/mol. The van der Waals surface area contributed by atoms with E-state index >= 15 is 0 Å². The smallest absolute Gasteiger partial charge is 0.323 e. The summed E-state index contributed by atoms with van der Waals surface area (Å²) in [6, 6.07) is 14.6. The highest BCUT2D eigenvalue weighted by Crippen LogP contribution is 2.23. The van der Waals surface area contributed by atoms with Crippen molar-refractivity contribution in [1.82, 2.24) is 4.90 Å². The molecule has 1 aliphatic rings. The lowest BCUT2D eigenvalue weighted by Crippen LogP contribution is -2.35. The van der Waals surface area contributed by atoms with Gasteiger partial charge in [0.05, 0.1) is 13.2 Å². The number of amides is 2. The Morgan fingerprint density at radius 2 is 1.75 bits per heavy atom. The standard InChI is InChI=1S/C18H20ClN3O2/c19-17-12-16(21-18(23)20-15-4-2-1-3-5-15)7-6-14(17)13-22-8-10-24-11-9-22/h1-7,12H,8-11,13H2,(H2,20,21,23). The summed E-state index contributed by atoms with van der Waals surface area (Å²) in [4.78, 5) is 14.3. The molecular weight excluding hydrogens is 326 g/mol. The molecule has 0 unspecified atom stereocenters. The van der Waals surface area contributed by atoms with Gasteiger partial charge in [-0.25, -0.2) is 4.79 Å². The van der Waals surface area contributed by atoms with Gasteiger partial charge in [-0.3, -0.25) is 4.90 Å². The minimum Gasteiger partial charge on any atom is -0.379 e. The van der Waals surface area contributed by atoms with Gasteiger partial charge in [-0.15, -0.1) is 0 Å². The van der Waals surface area contributed by atoms with Gasteiger partial charge in [-0.05, 0) is 29.8 Å². The third-order valence-corrected chi connectivity index (χ3v) is 4.19. The lowest BCUT2D eigenvalue weighted by molar-refractivity contribution is 0.0342. The molecule has 5 nitrogen and oxygen atoms in total. The Bertz CT molecular complexity index is 688. The largest absolute Gasteiger partial charge is 0.379 e. The molecule has 0 radical (unpaired) electrons. The molecule has 0 bridgehead atoms. The Hall–Kier alpha value is -2.08. The summed E-state index contributed by atoms with van der Waals surface area (Å²) in [7, 11) is 0. The molecule has 1 saturated heterocycles. The normalized spacial score (nSPS) is 15.0. The second-order valence-electron chi connectivity index (χ2n) is 5.64. The van der Waals surface area contributed by atoms with Crippen LogP contribution in [0.4, 0.5) is 16.2 Å². The summed E-state index contributed by atoms with van der Waals surface area (Å²) >= 11 is 6.36. The lowest BCUT2D eigenvalue weighted by atomic mass is 10.2. The van der Waals surface area contributed by atoms with Gasteiger partial charge in [-0.1, -0.05) is 35.9 Å². The summed E-state index contributed by atoms with van der Waals surface area (Å²) in [5.74, 6) is 0. The Labute approximate surface area is 146 Å². The monoisotopic (exact) mass is 345 g/mol. The molecule has 24 heavy (non-hydrogen) atoms. The van der Waals surface area contributed by atoms with Crippen LogP contribution in [0, 0.1) is 0 Å². The van der Waals surface area contributed by atoms with E-state index in [1.807, 2.05) is 42.5 Å². The van der Waals surface area contributed by atoms with Gasteiger partial charge in [0.1, 0.15) is 0 Å². The minimum atomic E-state index is -0.293. The van der Waals surface area contributed by atoms with E-state index in [4.69, 9.17) is 16.3 Å². The molecule has 3 rings (SSSR count). The number of nitrogens with one attached hydrogen (secondary N) is 2. The maximum Gasteiger partial charge on any atom is 0.323 e. The minimum absolute atomic E-state index is 0.293. The third-order valence-electron chi connectivity index (χ3n) is 3.84. The topological polar surface area (TPSA) is 53.6 Å². The molecule has 1 aliphatic heterocycles. The summed E-state index contributed by atoms with van der Waals surface area (Å²) in [5, 5.41) is 6.22. The first kappa shape index (κ1) is 16.8. The molecule has 6 heteroatoms. The van der Waals surface area contributed by atoms with Crippen molar-refractivity contribution in [2.45, 2.75) is 6.54 Å². The molecule has 2 N–H and O–H groups in total. The number of rotatable bonds is 4. The summed E-state index contributed by atoms with van der Waals surface area (Å²) in [6.45, 7) is 4.14. The molecule has 1 fully saturated rings. The van der Waals surface area contributed by atoms with Gasteiger partial charge in [0.2, 0.25) is 0 Å². The zero-order valence-corrected chi connectivity index (χ0v) is 14.1. The van der Waals surface area contributed by atoms with Gasteiger partial charge in [0, 0.05) is 36.0 Å². The van der Waals surface area contributed by atoms with Crippen LogP contribution in [0.3, 0.4) is 0 Å². The van der Waals surface area contributed by atoms with E-state index in [0.717, 1.165) is 44.1 Å². The Kier molecular flexibility index (Phi) is 5.69. The first-order valence-electron chi connectivity index (χ1n) is 7.92. The summed E-state index contributed by atoms with van der Waals surface area (Å²) in [6.07, 6.45) is 0. The number of para-hydroxylation sites is 1. The fourth-order valence-electron chi connectivity index (χ4n) is 2.57. The predicted octanol–water partition coefficient (Wildman–Crippen LogP) is 3.82. The van der Waals surface area contributed by atoms with E-state index in [1.54, 1.807) is 6.07 Å². The number of hydrogen-bond donors (Lipinski definition) is 2. The third kappa shape index (κ3) is 4.71. The molecular formula is C18H20ClN3O2. The van der Waals surface area contributed by atoms with Gasteiger partial charge in [-0.2, -0.15) is 0 Å². The molecule has 0 aromatic heterocycles. The Morgan fingerprint density at radius 1 is 1.04 bits per heavy atom. The van der Waals surface area contributed by atoms with Gasteiger partial charge < -0.3 is 15.4 Å². The average Bonchev–Trinajstić information content (AvgIpc) is 2.59. The Balaban J connectivity index is 1.58. The van der Waals surface area contributed by atoms with E-state index < -0.39 is 0 Å². The molecule has 2 aromatic rings. The second kappa shape index (κ2) is 8.15. The van der Waals surface area contributed by atoms with Crippen molar-refractivity contribution < 1.29 is 9.53 Å². The van der Waals surface area contributed by atoms with E-state index in [0.29, 0.717) is 10.7 Å². The average molecular weight is 346 g/mol. The molecule has 0 atom stereocenters. The summed E-state index contributed by atoms with van der Waals surface area (Å²) in [5.41, 5.74) is 2.46. The number of carbonyl (C=O) groups excluding carboxylic acids is 1. The lowest BCUT2D eigenvalue weighted by Gasteiger charge is -2.27. The van der Waals surface area contributed by atoms with E-state index in [-0.39, 0.29) is 6.03 Å². The van der Waals surface area contributed by atoms with Crippen molar-refractivity contribution in [3.63, 3.8) is 0 Å². The maximum atomic E-state index is 12.0. The highest BCUT2D eigenvalue weighted by Gasteiger charge is 2.13. The van der Waals surface area contributed by atoms with Crippen LogP contribution in [0.15, 0.2) is 48.5 Å². The fourth-order valence-corrected chi connectivity index (χ4v) is 2.81. The van der Waals surface area contributed by atoms with Crippen molar-refractivity contribution in [2.75, 3.05) is 36.9 Å². The van der Waals surface area contributed by atoms with Crippen molar-refractivity contribution in [1.29, 1.82) is 0 Å². The number of carbonyl (C=O) groups is 1. The molecule has 1 heterocycles. The fraction of sp³-hybridized carbons (Fsp3) is 0.278. The van der Waals surface area contributed by atoms with E-state index in [2.05, 4.69) is 15.5 Å². The Morgan fingerprint density at radius 3 is 2.46 bits per heavy atom. The first-order chi connectivity index (χ1) is 11.7. The van der Waals surface area contributed by atoms with Crippen molar-refractivity contribution in [3.8, 4) is 0 Å². The molecule has 2 amide bonds. The SMILES string of the molecule is O=C(Nc1ccccc1)Nc1ccc(CN2CCOCC2)c(Cl)c1. The number of benzene rings is 2. The molecule has 0 aliphatic carbocycles. The first-order valence-corrected chi connectivity index (χ1v) is 8.30. The highest BCUT2D eigenvalue weighted by molar-refractivity contribution is 6.31. The quantitative estimate of drug-likeness (QED) is 0.885. The van der Waals surface area contributed by atoms with Crippen LogP contribution in [0.25, 0.3) is 0 Å². The van der Waals surface area contributed by atoms with Crippen LogP contribution < -0.4 is 10.6 Å². The molecule has 0 spiro atoms. The van der Waals surface area contributed by atoms with Gasteiger partial charge >= 0.3 is 6.03 Å². The number of nitrogens with zero attached hydrogens (tertiary/aromatic N) is 1. The van der Waals surface area contributed by atoms with Crippen LogP contribution in [0.5, 0.6) is 0 Å². The van der Waals surface area contributed by atoms with Crippen LogP contribution in [-0.4, -0.2) is 37.2 Å². The van der Waals surface area contributed by atoms with Crippen molar-refractivity contribution in [3.05, 3.63) is 59.1 Å². The molecule has 126 valence electrons.